The first-order valence-electron chi connectivity index (χ1n) is 12.0. The van der Waals surface area contributed by atoms with Gasteiger partial charge < -0.3 is 14.4 Å². The Bertz CT molecular complexity index is 1180. The highest BCUT2D eigenvalue weighted by Crippen LogP contribution is 2.39. The molecule has 36 heavy (non-hydrogen) atoms. The lowest BCUT2D eigenvalue weighted by molar-refractivity contribution is -0.136. The van der Waals surface area contributed by atoms with E-state index in [9.17, 15) is 14.4 Å². The highest BCUT2D eigenvalue weighted by molar-refractivity contribution is 8.18. The van der Waals surface area contributed by atoms with Crippen molar-refractivity contribution in [3.8, 4) is 11.5 Å². The highest BCUT2D eigenvalue weighted by Gasteiger charge is 2.37. The smallest absolute Gasteiger partial charge is 0.294 e. The molecule has 2 aliphatic rings. The van der Waals surface area contributed by atoms with E-state index in [1.165, 1.54) is 0 Å². The average molecular weight is 529 g/mol. The summed E-state index contributed by atoms with van der Waals surface area (Å²) in [6.07, 6.45) is 4.58. The Morgan fingerprint density at radius 3 is 2.50 bits per heavy atom. The number of aryl methyl sites for hydroxylation is 1. The fourth-order valence-corrected chi connectivity index (χ4v) is 5.19. The molecule has 2 aromatic rings. The van der Waals surface area contributed by atoms with E-state index in [-0.39, 0.29) is 17.4 Å². The normalized spacial score (nSPS) is 17.1. The van der Waals surface area contributed by atoms with Crippen LogP contribution in [0.5, 0.6) is 11.5 Å². The third-order valence-electron chi connectivity index (χ3n) is 6.01. The van der Waals surface area contributed by atoms with Crippen LogP contribution in [0.1, 0.15) is 42.9 Å². The van der Waals surface area contributed by atoms with E-state index in [0.29, 0.717) is 48.4 Å². The summed E-state index contributed by atoms with van der Waals surface area (Å²) in [7, 11) is 0. The van der Waals surface area contributed by atoms with Gasteiger partial charge in [0.05, 0.1) is 16.5 Å². The average Bonchev–Trinajstić information content (AvgIpc) is 3.12. The zero-order chi connectivity index (χ0) is 25.7. The Hall–Kier alpha value is -2.97. The van der Waals surface area contributed by atoms with Gasteiger partial charge in [-0.25, -0.2) is 0 Å². The van der Waals surface area contributed by atoms with Crippen LogP contribution in [-0.2, 0) is 16.2 Å². The van der Waals surface area contributed by atoms with Gasteiger partial charge in [0.2, 0.25) is 5.91 Å². The van der Waals surface area contributed by atoms with Crippen LogP contribution in [0.2, 0.25) is 5.02 Å². The Morgan fingerprint density at radius 2 is 1.81 bits per heavy atom. The molecule has 7 nitrogen and oxygen atoms in total. The summed E-state index contributed by atoms with van der Waals surface area (Å²) in [4.78, 5) is 41.0. The largest absolute Gasteiger partial charge is 0.490 e. The van der Waals surface area contributed by atoms with Gasteiger partial charge in [0.15, 0.2) is 11.5 Å². The quantitative estimate of drug-likeness (QED) is 0.411. The number of thioether (sulfide) groups is 1. The lowest BCUT2D eigenvalue weighted by Gasteiger charge is -2.27. The van der Waals surface area contributed by atoms with Crippen molar-refractivity contribution in [2.24, 2.45) is 0 Å². The van der Waals surface area contributed by atoms with E-state index in [2.05, 4.69) is 0 Å². The van der Waals surface area contributed by atoms with Crippen molar-refractivity contribution in [2.45, 2.75) is 39.7 Å². The maximum Gasteiger partial charge on any atom is 0.294 e. The predicted molar refractivity (Wildman–Crippen MR) is 141 cm³/mol. The summed E-state index contributed by atoms with van der Waals surface area (Å²) in [5.41, 5.74) is 2.76. The molecule has 0 aromatic heterocycles. The van der Waals surface area contributed by atoms with Gasteiger partial charge in [0.1, 0.15) is 13.2 Å². The molecular weight excluding hydrogens is 500 g/mol. The summed E-state index contributed by atoms with van der Waals surface area (Å²) in [5, 5.41) is -0.121. The van der Waals surface area contributed by atoms with Crippen LogP contribution in [-0.4, -0.2) is 53.1 Å². The minimum atomic E-state index is -0.482. The summed E-state index contributed by atoms with van der Waals surface area (Å²) >= 11 is 7.36. The van der Waals surface area contributed by atoms with Crippen LogP contribution < -0.4 is 9.47 Å². The molecule has 0 N–H and O–H groups in total. The molecule has 0 unspecified atom stereocenters. The predicted octanol–water partition coefficient (Wildman–Crippen LogP) is 5.67. The molecule has 4 rings (SSSR count). The molecule has 190 valence electrons. The molecular formula is C27H29ClN2O5S. The van der Waals surface area contributed by atoms with Crippen molar-refractivity contribution in [1.82, 2.24) is 9.80 Å². The van der Waals surface area contributed by atoms with Crippen LogP contribution >= 0.6 is 23.4 Å². The molecule has 2 saturated heterocycles. The minimum absolute atomic E-state index is 0.199. The Balaban J connectivity index is 1.50. The van der Waals surface area contributed by atoms with E-state index >= 15 is 0 Å². The molecule has 0 aliphatic carbocycles. The molecule has 0 radical (unpaired) electrons. The van der Waals surface area contributed by atoms with Crippen molar-refractivity contribution in [1.29, 1.82) is 0 Å². The monoisotopic (exact) mass is 528 g/mol. The Labute approximate surface area is 220 Å². The van der Waals surface area contributed by atoms with E-state index < -0.39 is 11.1 Å². The maximum absolute atomic E-state index is 12.9. The van der Waals surface area contributed by atoms with Crippen molar-refractivity contribution >= 4 is 46.5 Å². The fraction of sp³-hybridized carbons (Fsp3) is 0.370. The summed E-state index contributed by atoms with van der Waals surface area (Å²) in [5.74, 6) is 0.179. The summed E-state index contributed by atoms with van der Waals surface area (Å²) in [6.45, 7) is 5.70. The van der Waals surface area contributed by atoms with Crippen LogP contribution in [0.4, 0.5) is 4.79 Å². The molecule has 0 saturated carbocycles. The van der Waals surface area contributed by atoms with Gasteiger partial charge in [0.25, 0.3) is 11.1 Å². The number of carbonyl (C=O) groups is 3. The molecule has 3 amide bonds. The molecule has 2 heterocycles. The van der Waals surface area contributed by atoms with Crippen LogP contribution in [0, 0.1) is 6.92 Å². The van der Waals surface area contributed by atoms with Crippen molar-refractivity contribution in [3.05, 3.63) is 63.0 Å². The highest BCUT2D eigenvalue weighted by atomic mass is 35.5. The standard InChI is InChI=1S/C27H29ClN2O5S/c1-3-34-22-14-20(13-21(28)25(22)35-17-19-9-7-18(2)8-10-19)15-23-26(32)30(27(33)36-23)16-24(31)29-11-5-4-6-12-29/h7-10,13-15H,3-6,11-12,16-17H2,1-2H3/b23-15-. The molecule has 0 atom stereocenters. The van der Waals surface area contributed by atoms with Gasteiger partial charge in [-0.1, -0.05) is 41.4 Å². The maximum atomic E-state index is 12.9. The Morgan fingerprint density at radius 1 is 1.08 bits per heavy atom. The van der Waals surface area contributed by atoms with E-state index in [0.717, 1.165) is 47.1 Å². The molecule has 0 bridgehead atoms. The number of piperidine rings is 1. The van der Waals surface area contributed by atoms with Crippen molar-refractivity contribution < 1.29 is 23.9 Å². The topological polar surface area (TPSA) is 76.2 Å². The van der Waals surface area contributed by atoms with Gasteiger partial charge in [-0.3, -0.25) is 19.3 Å². The fourth-order valence-electron chi connectivity index (χ4n) is 4.08. The number of hydrogen-bond acceptors (Lipinski definition) is 6. The minimum Gasteiger partial charge on any atom is -0.490 e. The van der Waals surface area contributed by atoms with E-state index in [1.54, 1.807) is 23.1 Å². The number of ether oxygens (including phenoxy) is 2. The number of halogens is 1. The molecule has 2 aliphatic heterocycles. The van der Waals surface area contributed by atoms with Gasteiger partial charge in [0, 0.05) is 13.1 Å². The second-order valence-electron chi connectivity index (χ2n) is 8.75. The lowest BCUT2D eigenvalue weighted by Crippen LogP contribution is -2.44. The number of imide groups is 1. The summed E-state index contributed by atoms with van der Waals surface area (Å²) in [6, 6.07) is 11.4. The zero-order valence-corrected chi connectivity index (χ0v) is 22.0. The number of carbonyl (C=O) groups excluding carboxylic acids is 3. The van der Waals surface area contributed by atoms with Gasteiger partial charge in [-0.15, -0.1) is 0 Å². The molecule has 9 heteroatoms. The van der Waals surface area contributed by atoms with E-state index in [4.69, 9.17) is 21.1 Å². The first-order chi connectivity index (χ1) is 17.4. The Kier molecular flexibility index (Phi) is 8.59. The second-order valence-corrected chi connectivity index (χ2v) is 10.1. The third kappa shape index (κ3) is 6.23. The molecule has 0 spiro atoms. The number of likely N-dealkylation sites (tertiary alicyclic amines) is 1. The second kappa shape index (κ2) is 11.8. The summed E-state index contributed by atoms with van der Waals surface area (Å²) < 4.78 is 11.7. The first-order valence-corrected chi connectivity index (χ1v) is 13.2. The number of rotatable bonds is 8. The van der Waals surface area contributed by atoms with Crippen molar-refractivity contribution in [3.63, 3.8) is 0 Å². The first kappa shape index (κ1) is 26.1. The van der Waals surface area contributed by atoms with Crippen LogP contribution in [0.3, 0.4) is 0 Å². The van der Waals surface area contributed by atoms with Gasteiger partial charge >= 0.3 is 0 Å². The van der Waals surface area contributed by atoms with Gasteiger partial charge in [-0.2, -0.15) is 0 Å². The molecule has 2 fully saturated rings. The number of benzene rings is 2. The third-order valence-corrected chi connectivity index (χ3v) is 7.20. The SMILES string of the molecule is CCOc1cc(/C=C2\SC(=O)N(CC(=O)N3CCCCC3)C2=O)cc(Cl)c1OCc1ccc(C)cc1. The van der Waals surface area contributed by atoms with Crippen molar-refractivity contribution in [2.75, 3.05) is 26.2 Å². The zero-order valence-electron chi connectivity index (χ0n) is 20.4. The number of nitrogens with zero attached hydrogens (tertiary/aromatic N) is 2. The van der Waals surface area contributed by atoms with E-state index in [1.807, 2.05) is 38.1 Å². The molecule has 2 aromatic carbocycles. The van der Waals surface area contributed by atoms with Gasteiger partial charge in [-0.05, 0) is 74.2 Å². The lowest BCUT2D eigenvalue weighted by atomic mass is 10.1. The number of amides is 3. The van der Waals surface area contributed by atoms with Crippen LogP contribution in [0.15, 0.2) is 41.3 Å². The number of hydrogen-bond donors (Lipinski definition) is 0. The van der Waals surface area contributed by atoms with Crippen LogP contribution in [0.25, 0.3) is 6.08 Å².